The molecular formula is C12H19FN2O2. The molecule has 1 atom stereocenters. The van der Waals surface area contributed by atoms with Crippen molar-refractivity contribution in [1.82, 2.24) is 0 Å². The van der Waals surface area contributed by atoms with E-state index in [1.165, 1.54) is 19.2 Å². The van der Waals surface area contributed by atoms with Gasteiger partial charge >= 0.3 is 0 Å². The van der Waals surface area contributed by atoms with Crippen molar-refractivity contribution in [3.63, 3.8) is 0 Å². The van der Waals surface area contributed by atoms with Crippen molar-refractivity contribution in [1.29, 1.82) is 0 Å². The molecule has 1 aromatic carbocycles. The SMILES string of the molecule is COc1ccc(F)cc1N(C)CC(O)CCN. The van der Waals surface area contributed by atoms with Crippen LogP contribution in [-0.2, 0) is 0 Å². The van der Waals surface area contributed by atoms with E-state index < -0.39 is 6.10 Å². The van der Waals surface area contributed by atoms with E-state index in [2.05, 4.69) is 0 Å². The number of aliphatic hydroxyl groups excluding tert-OH is 1. The Morgan fingerprint density at radius 2 is 2.24 bits per heavy atom. The van der Waals surface area contributed by atoms with Crippen LogP contribution in [0.5, 0.6) is 5.75 Å². The first-order chi connectivity index (χ1) is 8.08. The average Bonchev–Trinajstić information content (AvgIpc) is 2.29. The highest BCUT2D eigenvalue weighted by atomic mass is 19.1. The van der Waals surface area contributed by atoms with Crippen molar-refractivity contribution in [3.8, 4) is 5.75 Å². The molecule has 1 aromatic rings. The summed E-state index contributed by atoms with van der Waals surface area (Å²) in [6.45, 7) is 0.812. The number of anilines is 1. The van der Waals surface area contributed by atoms with E-state index in [1.807, 2.05) is 0 Å². The molecule has 0 fully saturated rings. The molecule has 0 amide bonds. The number of aliphatic hydroxyl groups is 1. The normalized spacial score (nSPS) is 12.3. The summed E-state index contributed by atoms with van der Waals surface area (Å²) < 4.78 is 18.3. The number of likely N-dealkylation sites (N-methyl/N-ethyl adjacent to an activating group) is 1. The Balaban J connectivity index is 2.79. The smallest absolute Gasteiger partial charge is 0.142 e. The van der Waals surface area contributed by atoms with Crippen molar-refractivity contribution in [2.24, 2.45) is 5.73 Å². The summed E-state index contributed by atoms with van der Waals surface area (Å²) in [6, 6.07) is 4.29. The number of benzene rings is 1. The minimum atomic E-state index is -0.530. The van der Waals surface area contributed by atoms with Gasteiger partial charge in [-0.25, -0.2) is 4.39 Å². The highest BCUT2D eigenvalue weighted by Gasteiger charge is 2.13. The fraction of sp³-hybridized carbons (Fsp3) is 0.500. The van der Waals surface area contributed by atoms with Gasteiger partial charge in [0, 0.05) is 19.7 Å². The Morgan fingerprint density at radius 3 is 2.82 bits per heavy atom. The Morgan fingerprint density at radius 1 is 1.53 bits per heavy atom. The standard InChI is InChI=1S/C12H19FN2O2/c1-15(8-10(16)5-6-14)11-7-9(13)3-4-12(11)17-2/h3-4,7,10,16H,5-6,8,14H2,1-2H3. The summed E-state index contributed by atoms with van der Waals surface area (Å²) in [7, 11) is 3.30. The molecule has 1 unspecified atom stereocenters. The van der Waals surface area contributed by atoms with Gasteiger partial charge in [0.05, 0.1) is 18.9 Å². The van der Waals surface area contributed by atoms with Crippen LogP contribution in [0.2, 0.25) is 0 Å². The van der Waals surface area contributed by atoms with Crippen molar-refractivity contribution < 1.29 is 14.2 Å². The van der Waals surface area contributed by atoms with Gasteiger partial charge in [-0.05, 0) is 25.1 Å². The molecule has 0 radical (unpaired) electrons. The van der Waals surface area contributed by atoms with Crippen LogP contribution in [0.15, 0.2) is 18.2 Å². The molecule has 0 aromatic heterocycles. The van der Waals surface area contributed by atoms with Crippen molar-refractivity contribution in [2.45, 2.75) is 12.5 Å². The van der Waals surface area contributed by atoms with Crippen LogP contribution in [0.1, 0.15) is 6.42 Å². The zero-order valence-corrected chi connectivity index (χ0v) is 10.2. The highest BCUT2D eigenvalue weighted by molar-refractivity contribution is 5.58. The largest absolute Gasteiger partial charge is 0.495 e. The fourth-order valence-corrected chi connectivity index (χ4v) is 1.66. The molecule has 0 heterocycles. The number of hydrogen-bond donors (Lipinski definition) is 2. The lowest BCUT2D eigenvalue weighted by Gasteiger charge is -2.24. The summed E-state index contributed by atoms with van der Waals surface area (Å²) in [5.74, 6) is 0.245. The monoisotopic (exact) mass is 242 g/mol. The average molecular weight is 242 g/mol. The third kappa shape index (κ3) is 3.87. The Labute approximate surface area is 101 Å². The molecule has 1 rings (SSSR count). The van der Waals surface area contributed by atoms with E-state index in [4.69, 9.17) is 10.5 Å². The van der Waals surface area contributed by atoms with E-state index in [1.54, 1.807) is 18.0 Å². The lowest BCUT2D eigenvalue weighted by molar-refractivity contribution is 0.174. The first-order valence-corrected chi connectivity index (χ1v) is 5.51. The minimum absolute atomic E-state index is 0.332. The molecule has 0 bridgehead atoms. The number of nitrogens with zero attached hydrogens (tertiary/aromatic N) is 1. The van der Waals surface area contributed by atoms with Gasteiger partial charge in [0.1, 0.15) is 11.6 Å². The number of ether oxygens (including phenoxy) is 1. The number of rotatable bonds is 6. The summed E-state index contributed by atoms with van der Waals surface area (Å²) in [5.41, 5.74) is 5.98. The zero-order valence-electron chi connectivity index (χ0n) is 10.2. The maximum Gasteiger partial charge on any atom is 0.142 e. The molecule has 0 aliphatic rings. The fourth-order valence-electron chi connectivity index (χ4n) is 1.66. The molecule has 0 saturated heterocycles. The van der Waals surface area contributed by atoms with Crippen LogP contribution in [0, 0.1) is 5.82 Å². The van der Waals surface area contributed by atoms with Gasteiger partial charge in [0.2, 0.25) is 0 Å². The number of halogens is 1. The van der Waals surface area contributed by atoms with E-state index >= 15 is 0 Å². The molecule has 0 spiro atoms. The van der Waals surface area contributed by atoms with E-state index in [-0.39, 0.29) is 5.82 Å². The van der Waals surface area contributed by atoms with Crippen LogP contribution in [0.25, 0.3) is 0 Å². The van der Waals surface area contributed by atoms with Crippen LogP contribution < -0.4 is 15.4 Å². The van der Waals surface area contributed by atoms with Crippen LogP contribution in [0.4, 0.5) is 10.1 Å². The van der Waals surface area contributed by atoms with E-state index in [0.717, 1.165) is 0 Å². The second-order valence-electron chi connectivity index (χ2n) is 3.93. The van der Waals surface area contributed by atoms with Gasteiger partial charge in [-0.15, -0.1) is 0 Å². The van der Waals surface area contributed by atoms with Gasteiger partial charge < -0.3 is 20.5 Å². The molecule has 0 aliphatic heterocycles. The van der Waals surface area contributed by atoms with E-state index in [0.29, 0.717) is 30.9 Å². The van der Waals surface area contributed by atoms with Gasteiger partial charge in [0.25, 0.3) is 0 Å². The maximum atomic E-state index is 13.2. The summed E-state index contributed by atoms with van der Waals surface area (Å²) >= 11 is 0. The Bertz CT molecular complexity index is 360. The minimum Gasteiger partial charge on any atom is -0.495 e. The van der Waals surface area contributed by atoms with Gasteiger partial charge in [-0.3, -0.25) is 0 Å². The maximum absolute atomic E-state index is 13.2. The molecule has 17 heavy (non-hydrogen) atoms. The summed E-state index contributed by atoms with van der Waals surface area (Å²) in [5, 5.41) is 9.66. The predicted molar refractivity (Wildman–Crippen MR) is 65.9 cm³/mol. The number of methoxy groups -OCH3 is 1. The molecule has 96 valence electrons. The highest BCUT2D eigenvalue weighted by Crippen LogP contribution is 2.28. The molecule has 5 heteroatoms. The Kier molecular flexibility index (Phi) is 5.18. The molecule has 4 nitrogen and oxygen atoms in total. The number of nitrogens with two attached hydrogens (primary N) is 1. The molecular weight excluding hydrogens is 223 g/mol. The Hall–Kier alpha value is -1.33. The van der Waals surface area contributed by atoms with Gasteiger partial charge in [-0.2, -0.15) is 0 Å². The van der Waals surface area contributed by atoms with Crippen molar-refractivity contribution >= 4 is 5.69 Å². The van der Waals surface area contributed by atoms with Crippen molar-refractivity contribution in [2.75, 3.05) is 32.1 Å². The second kappa shape index (κ2) is 6.42. The summed E-state index contributed by atoms with van der Waals surface area (Å²) in [4.78, 5) is 1.75. The first kappa shape index (κ1) is 13.7. The quantitative estimate of drug-likeness (QED) is 0.780. The molecule has 0 aliphatic carbocycles. The van der Waals surface area contributed by atoms with Gasteiger partial charge in [0.15, 0.2) is 0 Å². The van der Waals surface area contributed by atoms with Gasteiger partial charge in [-0.1, -0.05) is 0 Å². The van der Waals surface area contributed by atoms with Crippen LogP contribution in [-0.4, -0.2) is 38.5 Å². The lowest BCUT2D eigenvalue weighted by atomic mass is 10.2. The topological polar surface area (TPSA) is 58.7 Å². The first-order valence-electron chi connectivity index (χ1n) is 5.51. The lowest BCUT2D eigenvalue weighted by Crippen LogP contribution is -2.30. The second-order valence-corrected chi connectivity index (χ2v) is 3.93. The number of hydrogen-bond acceptors (Lipinski definition) is 4. The van der Waals surface area contributed by atoms with Crippen LogP contribution >= 0.6 is 0 Å². The summed E-state index contributed by atoms with van der Waals surface area (Å²) in [6.07, 6.45) is -0.0138. The predicted octanol–water partition coefficient (Wildman–Crippen LogP) is 0.980. The molecule has 0 saturated carbocycles. The van der Waals surface area contributed by atoms with Crippen LogP contribution in [0.3, 0.4) is 0 Å². The van der Waals surface area contributed by atoms with Crippen molar-refractivity contribution in [3.05, 3.63) is 24.0 Å². The zero-order chi connectivity index (χ0) is 12.8. The third-order valence-corrected chi connectivity index (χ3v) is 2.54. The van der Waals surface area contributed by atoms with E-state index in [9.17, 15) is 9.50 Å². The molecule has 3 N–H and O–H groups in total. The third-order valence-electron chi connectivity index (χ3n) is 2.54.